The van der Waals surface area contributed by atoms with Crippen molar-refractivity contribution in [2.24, 2.45) is 0 Å². The first-order valence-electron chi connectivity index (χ1n) is 6.16. The van der Waals surface area contributed by atoms with Crippen LogP contribution in [0.5, 0.6) is 0 Å². The third-order valence-electron chi connectivity index (χ3n) is 3.10. The van der Waals surface area contributed by atoms with Gasteiger partial charge in [0.05, 0.1) is 18.8 Å². The number of hydrogen-bond donors (Lipinski definition) is 1. The molecule has 16 heavy (non-hydrogen) atoms. The molecule has 0 spiro atoms. The van der Waals surface area contributed by atoms with Crippen molar-refractivity contribution in [1.29, 1.82) is 0 Å². The molecule has 0 amide bonds. The molecule has 1 fully saturated rings. The van der Waals surface area contributed by atoms with Crippen LogP contribution in [0.15, 0.2) is 12.4 Å². The minimum Gasteiger partial charge on any atom is -0.379 e. The fraction of sp³-hybridized carbons (Fsp3) is 0.750. The molecular formula is C12H21N3O. The van der Waals surface area contributed by atoms with Crippen LogP contribution in [0.2, 0.25) is 0 Å². The molecule has 2 rings (SSSR count). The Balaban J connectivity index is 1.95. The average Bonchev–Trinajstić information content (AvgIpc) is 2.94. The Kier molecular flexibility index (Phi) is 3.96. The van der Waals surface area contributed by atoms with E-state index in [1.165, 1.54) is 5.56 Å². The smallest absolute Gasteiger partial charge is 0.0774 e. The van der Waals surface area contributed by atoms with E-state index in [1.807, 2.05) is 10.9 Å². The Bertz CT molecular complexity index is 318. The molecule has 1 aromatic heterocycles. The van der Waals surface area contributed by atoms with Gasteiger partial charge in [-0.05, 0) is 26.3 Å². The van der Waals surface area contributed by atoms with E-state index in [0.29, 0.717) is 12.1 Å². The summed E-state index contributed by atoms with van der Waals surface area (Å²) in [6.45, 7) is 7.08. The first-order valence-corrected chi connectivity index (χ1v) is 6.16. The molecule has 1 aliphatic rings. The lowest BCUT2D eigenvalue weighted by Gasteiger charge is -2.11. The Morgan fingerprint density at radius 2 is 2.56 bits per heavy atom. The summed E-state index contributed by atoms with van der Waals surface area (Å²) in [7, 11) is 0. The molecule has 1 saturated heterocycles. The van der Waals surface area contributed by atoms with Crippen LogP contribution in [0.25, 0.3) is 0 Å². The van der Waals surface area contributed by atoms with Crippen molar-refractivity contribution in [2.75, 3.05) is 19.8 Å². The minimum absolute atomic E-state index is 0.385. The maximum absolute atomic E-state index is 5.37. The summed E-state index contributed by atoms with van der Waals surface area (Å²) < 4.78 is 7.42. The van der Waals surface area contributed by atoms with Gasteiger partial charge < -0.3 is 10.1 Å². The van der Waals surface area contributed by atoms with Crippen LogP contribution in [0.1, 0.15) is 44.3 Å². The summed E-state index contributed by atoms with van der Waals surface area (Å²) in [5.74, 6) is 0. The topological polar surface area (TPSA) is 39.1 Å². The van der Waals surface area contributed by atoms with Gasteiger partial charge in [0, 0.05) is 24.4 Å². The Morgan fingerprint density at radius 3 is 3.25 bits per heavy atom. The quantitative estimate of drug-likeness (QED) is 0.828. The van der Waals surface area contributed by atoms with E-state index >= 15 is 0 Å². The Labute approximate surface area is 97.0 Å². The van der Waals surface area contributed by atoms with Crippen LogP contribution in [0.4, 0.5) is 0 Å². The van der Waals surface area contributed by atoms with Crippen LogP contribution in [0.3, 0.4) is 0 Å². The van der Waals surface area contributed by atoms with Gasteiger partial charge >= 0.3 is 0 Å². The van der Waals surface area contributed by atoms with E-state index in [4.69, 9.17) is 4.74 Å². The number of ether oxygens (including phenoxy) is 1. The van der Waals surface area contributed by atoms with E-state index in [-0.39, 0.29) is 0 Å². The lowest BCUT2D eigenvalue weighted by Crippen LogP contribution is -2.18. The first kappa shape index (κ1) is 11.6. The fourth-order valence-electron chi connectivity index (χ4n) is 1.99. The highest BCUT2D eigenvalue weighted by Crippen LogP contribution is 2.20. The van der Waals surface area contributed by atoms with Crippen molar-refractivity contribution >= 4 is 0 Å². The highest BCUT2D eigenvalue weighted by molar-refractivity contribution is 5.09. The molecule has 4 heteroatoms. The van der Waals surface area contributed by atoms with Gasteiger partial charge in [0.15, 0.2) is 0 Å². The van der Waals surface area contributed by atoms with Crippen molar-refractivity contribution in [3.63, 3.8) is 0 Å². The van der Waals surface area contributed by atoms with Crippen LogP contribution >= 0.6 is 0 Å². The number of rotatable bonds is 5. The molecule has 0 bridgehead atoms. The molecule has 1 aromatic rings. The molecule has 0 radical (unpaired) electrons. The number of nitrogens with one attached hydrogen (secondary N) is 1. The van der Waals surface area contributed by atoms with E-state index in [2.05, 4.69) is 30.5 Å². The third kappa shape index (κ3) is 2.62. The molecule has 0 aliphatic carbocycles. The normalized spacial score (nSPS) is 22.5. The molecule has 1 aliphatic heterocycles. The lowest BCUT2D eigenvalue weighted by atomic mass is 10.2. The first-order chi connectivity index (χ1) is 7.81. The van der Waals surface area contributed by atoms with Crippen LogP contribution in [0, 0.1) is 0 Å². The van der Waals surface area contributed by atoms with Gasteiger partial charge in [-0.1, -0.05) is 6.92 Å². The van der Waals surface area contributed by atoms with Crippen molar-refractivity contribution in [2.45, 2.75) is 38.8 Å². The van der Waals surface area contributed by atoms with Gasteiger partial charge in [-0.2, -0.15) is 5.10 Å². The fourth-order valence-corrected chi connectivity index (χ4v) is 1.99. The SMILES string of the molecule is CCCNC(C)c1cnn(C2CCOC2)c1. The molecule has 2 unspecified atom stereocenters. The van der Waals surface area contributed by atoms with E-state index in [0.717, 1.165) is 32.6 Å². The van der Waals surface area contributed by atoms with Gasteiger partial charge in [-0.3, -0.25) is 4.68 Å². The zero-order chi connectivity index (χ0) is 11.4. The molecule has 2 atom stereocenters. The summed E-state index contributed by atoms with van der Waals surface area (Å²) >= 11 is 0. The summed E-state index contributed by atoms with van der Waals surface area (Å²) in [5.41, 5.74) is 1.26. The maximum atomic E-state index is 5.37. The number of aromatic nitrogens is 2. The third-order valence-corrected chi connectivity index (χ3v) is 3.10. The Hall–Kier alpha value is -0.870. The largest absolute Gasteiger partial charge is 0.379 e. The van der Waals surface area contributed by atoms with E-state index in [9.17, 15) is 0 Å². The van der Waals surface area contributed by atoms with Crippen molar-refractivity contribution < 1.29 is 4.74 Å². The zero-order valence-electron chi connectivity index (χ0n) is 10.1. The van der Waals surface area contributed by atoms with E-state index in [1.54, 1.807) is 0 Å². The standard InChI is InChI=1S/C12H21N3O/c1-3-5-13-10(2)11-7-14-15(8-11)12-4-6-16-9-12/h7-8,10,12-13H,3-6,9H2,1-2H3. The molecular weight excluding hydrogens is 202 g/mol. The van der Waals surface area contributed by atoms with Gasteiger partial charge in [0.1, 0.15) is 0 Å². The van der Waals surface area contributed by atoms with Crippen molar-refractivity contribution in [3.05, 3.63) is 18.0 Å². The number of nitrogens with zero attached hydrogens (tertiary/aromatic N) is 2. The van der Waals surface area contributed by atoms with Gasteiger partial charge in [0.2, 0.25) is 0 Å². The molecule has 0 saturated carbocycles. The second kappa shape index (κ2) is 5.46. The van der Waals surface area contributed by atoms with E-state index < -0.39 is 0 Å². The van der Waals surface area contributed by atoms with Crippen LogP contribution in [-0.2, 0) is 4.74 Å². The van der Waals surface area contributed by atoms with Crippen molar-refractivity contribution in [3.8, 4) is 0 Å². The van der Waals surface area contributed by atoms with Crippen molar-refractivity contribution in [1.82, 2.24) is 15.1 Å². The van der Waals surface area contributed by atoms with Gasteiger partial charge in [0.25, 0.3) is 0 Å². The molecule has 1 N–H and O–H groups in total. The molecule has 4 nitrogen and oxygen atoms in total. The second-order valence-corrected chi connectivity index (χ2v) is 4.45. The summed E-state index contributed by atoms with van der Waals surface area (Å²) in [6, 6.07) is 0.822. The van der Waals surface area contributed by atoms with Gasteiger partial charge in [-0.25, -0.2) is 0 Å². The number of hydrogen-bond acceptors (Lipinski definition) is 3. The summed E-state index contributed by atoms with van der Waals surface area (Å²) in [4.78, 5) is 0. The highest BCUT2D eigenvalue weighted by Gasteiger charge is 2.19. The predicted molar refractivity (Wildman–Crippen MR) is 63.4 cm³/mol. The maximum Gasteiger partial charge on any atom is 0.0774 e. The predicted octanol–water partition coefficient (Wildman–Crippen LogP) is 1.91. The highest BCUT2D eigenvalue weighted by atomic mass is 16.5. The second-order valence-electron chi connectivity index (χ2n) is 4.45. The Morgan fingerprint density at radius 1 is 1.69 bits per heavy atom. The van der Waals surface area contributed by atoms with Crippen LogP contribution < -0.4 is 5.32 Å². The lowest BCUT2D eigenvalue weighted by molar-refractivity contribution is 0.184. The summed E-state index contributed by atoms with van der Waals surface area (Å²) in [6.07, 6.45) is 6.35. The van der Waals surface area contributed by atoms with Crippen LogP contribution in [-0.4, -0.2) is 29.5 Å². The average molecular weight is 223 g/mol. The molecule has 0 aromatic carbocycles. The van der Waals surface area contributed by atoms with Gasteiger partial charge in [-0.15, -0.1) is 0 Å². The molecule has 2 heterocycles. The monoisotopic (exact) mass is 223 g/mol. The minimum atomic E-state index is 0.385. The molecule has 90 valence electrons. The summed E-state index contributed by atoms with van der Waals surface area (Å²) in [5, 5.41) is 7.89. The zero-order valence-corrected chi connectivity index (χ0v) is 10.1.